The van der Waals surface area contributed by atoms with Crippen molar-refractivity contribution in [1.29, 1.82) is 0 Å². The molecule has 4 nitrogen and oxygen atoms in total. The van der Waals surface area contributed by atoms with Crippen molar-refractivity contribution in [3.8, 4) is 5.75 Å². The SMILES string of the molecule is COc1ccc2cc(C(O)c3cnccc3N)ccc2c1. The molecule has 0 radical (unpaired) electrons. The molecule has 0 aliphatic rings. The lowest BCUT2D eigenvalue weighted by Gasteiger charge is -2.14. The summed E-state index contributed by atoms with van der Waals surface area (Å²) in [5.74, 6) is 0.812. The molecule has 2 aromatic carbocycles. The Morgan fingerprint density at radius 2 is 1.86 bits per heavy atom. The summed E-state index contributed by atoms with van der Waals surface area (Å²) in [6.07, 6.45) is 2.42. The first-order valence-electron chi connectivity index (χ1n) is 6.64. The molecule has 0 saturated carbocycles. The fraction of sp³-hybridized carbons (Fsp3) is 0.118. The van der Waals surface area contributed by atoms with E-state index in [1.54, 1.807) is 25.6 Å². The van der Waals surface area contributed by atoms with Crippen LogP contribution in [0.2, 0.25) is 0 Å². The summed E-state index contributed by atoms with van der Waals surface area (Å²) in [6, 6.07) is 13.3. The molecule has 3 rings (SSSR count). The van der Waals surface area contributed by atoms with Crippen LogP contribution in [0.15, 0.2) is 54.9 Å². The van der Waals surface area contributed by atoms with Crippen molar-refractivity contribution >= 4 is 16.5 Å². The van der Waals surface area contributed by atoms with E-state index in [0.29, 0.717) is 11.3 Å². The Balaban J connectivity index is 2.03. The first kappa shape index (κ1) is 13.4. The van der Waals surface area contributed by atoms with Crippen molar-refractivity contribution in [3.63, 3.8) is 0 Å². The van der Waals surface area contributed by atoms with E-state index in [1.165, 1.54) is 0 Å². The number of aliphatic hydroxyl groups excluding tert-OH is 1. The number of aromatic nitrogens is 1. The zero-order valence-corrected chi connectivity index (χ0v) is 11.7. The third-order valence-electron chi connectivity index (χ3n) is 3.57. The number of hydrogen-bond acceptors (Lipinski definition) is 4. The lowest BCUT2D eigenvalue weighted by Crippen LogP contribution is -2.04. The summed E-state index contributed by atoms with van der Waals surface area (Å²) >= 11 is 0. The highest BCUT2D eigenvalue weighted by Gasteiger charge is 2.14. The quantitative estimate of drug-likeness (QED) is 0.774. The summed E-state index contributed by atoms with van der Waals surface area (Å²) in [4.78, 5) is 4.02. The van der Waals surface area contributed by atoms with Gasteiger partial charge in [-0.2, -0.15) is 0 Å². The third-order valence-corrected chi connectivity index (χ3v) is 3.57. The number of methoxy groups -OCH3 is 1. The van der Waals surface area contributed by atoms with Gasteiger partial charge in [0.05, 0.1) is 7.11 Å². The number of anilines is 1. The van der Waals surface area contributed by atoms with Crippen LogP contribution in [-0.4, -0.2) is 17.2 Å². The Kier molecular flexibility index (Phi) is 3.46. The topological polar surface area (TPSA) is 68.4 Å². The van der Waals surface area contributed by atoms with Crippen LogP contribution in [-0.2, 0) is 0 Å². The number of nitrogens with two attached hydrogens (primary N) is 1. The molecular weight excluding hydrogens is 264 g/mol. The summed E-state index contributed by atoms with van der Waals surface area (Å²) in [5.41, 5.74) is 7.83. The molecule has 0 fully saturated rings. The van der Waals surface area contributed by atoms with Gasteiger partial charge in [-0.25, -0.2) is 0 Å². The second-order valence-corrected chi connectivity index (χ2v) is 4.88. The highest BCUT2D eigenvalue weighted by molar-refractivity contribution is 5.84. The third kappa shape index (κ3) is 2.53. The second-order valence-electron chi connectivity index (χ2n) is 4.88. The standard InChI is InChI=1S/C17H16N2O2/c1-21-14-5-4-11-8-13(3-2-12(11)9-14)17(20)15-10-19-7-6-16(15)18/h2-10,17,20H,1H3,(H2,18,19). The highest BCUT2D eigenvalue weighted by Crippen LogP contribution is 2.29. The molecular formula is C17H16N2O2. The molecule has 4 heteroatoms. The number of nitrogen functional groups attached to an aromatic ring is 1. The maximum atomic E-state index is 10.5. The summed E-state index contributed by atoms with van der Waals surface area (Å²) in [7, 11) is 1.64. The van der Waals surface area contributed by atoms with E-state index in [9.17, 15) is 5.11 Å². The molecule has 0 bridgehead atoms. The minimum absolute atomic E-state index is 0.535. The van der Waals surface area contributed by atoms with Crippen LogP contribution in [0.1, 0.15) is 17.2 Å². The molecule has 0 saturated heterocycles. The van der Waals surface area contributed by atoms with Crippen molar-refractivity contribution < 1.29 is 9.84 Å². The zero-order chi connectivity index (χ0) is 14.8. The van der Waals surface area contributed by atoms with Crippen LogP contribution in [0.4, 0.5) is 5.69 Å². The molecule has 0 spiro atoms. The Bertz CT molecular complexity index is 787. The minimum atomic E-state index is -0.787. The van der Waals surface area contributed by atoms with E-state index in [2.05, 4.69) is 4.98 Å². The number of nitrogens with zero attached hydrogens (tertiary/aromatic N) is 1. The Labute approximate surface area is 122 Å². The molecule has 3 aromatic rings. The van der Waals surface area contributed by atoms with Gasteiger partial charge in [-0.05, 0) is 40.6 Å². The molecule has 1 aromatic heterocycles. The molecule has 1 atom stereocenters. The van der Waals surface area contributed by atoms with Crippen molar-refractivity contribution in [2.75, 3.05) is 12.8 Å². The normalized spacial score (nSPS) is 12.3. The number of aliphatic hydroxyl groups is 1. The number of pyridine rings is 1. The summed E-state index contributed by atoms with van der Waals surface area (Å²) < 4.78 is 5.21. The molecule has 0 aliphatic carbocycles. The predicted octanol–water partition coefficient (Wildman–Crippen LogP) is 2.91. The zero-order valence-electron chi connectivity index (χ0n) is 11.7. The Hall–Kier alpha value is -2.59. The van der Waals surface area contributed by atoms with Gasteiger partial charge in [0.15, 0.2) is 0 Å². The summed E-state index contributed by atoms with van der Waals surface area (Å²) in [5, 5.41) is 12.6. The van der Waals surface area contributed by atoms with Crippen molar-refractivity contribution in [2.24, 2.45) is 0 Å². The number of hydrogen-bond donors (Lipinski definition) is 2. The molecule has 21 heavy (non-hydrogen) atoms. The average Bonchev–Trinajstić information content (AvgIpc) is 2.53. The lowest BCUT2D eigenvalue weighted by molar-refractivity contribution is 0.221. The molecule has 0 amide bonds. The fourth-order valence-electron chi connectivity index (χ4n) is 2.36. The Morgan fingerprint density at radius 3 is 2.62 bits per heavy atom. The Morgan fingerprint density at radius 1 is 1.10 bits per heavy atom. The molecule has 0 aliphatic heterocycles. The van der Waals surface area contributed by atoms with Gasteiger partial charge in [-0.15, -0.1) is 0 Å². The fourth-order valence-corrected chi connectivity index (χ4v) is 2.36. The lowest BCUT2D eigenvalue weighted by atomic mass is 9.98. The van der Waals surface area contributed by atoms with E-state index >= 15 is 0 Å². The number of rotatable bonds is 3. The van der Waals surface area contributed by atoms with Gasteiger partial charge >= 0.3 is 0 Å². The van der Waals surface area contributed by atoms with Crippen LogP contribution in [0.5, 0.6) is 5.75 Å². The maximum Gasteiger partial charge on any atom is 0.119 e. The predicted molar refractivity (Wildman–Crippen MR) is 83.2 cm³/mol. The number of fused-ring (bicyclic) bond motifs is 1. The van der Waals surface area contributed by atoms with Gasteiger partial charge in [0.25, 0.3) is 0 Å². The van der Waals surface area contributed by atoms with Gasteiger partial charge in [-0.3, -0.25) is 4.98 Å². The first-order chi connectivity index (χ1) is 10.2. The number of ether oxygens (including phenoxy) is 1. The number of benzene rings is 2. The monoisotopic (exact) mass is 280 g/mol. The van der Waals surface area contributed by atoms with Crippen molar-refractivity contribution in [3.05, 3.63) is 66.0 Å². The molecule has 3 N–H and O–H groups in total. The van der Waals surface area contributed by atoms with Crippen LogP contribution < -0.4 is 10.5 Å². The van der Waals surface area contributed by atoms with Gasteiger partial charge in [-0.1, -0.05) is 18.2 Å². The van der Waals surface area contributed by atoms with Crippen LogP contribution >= 0.6 is 0 Å². The van der Waals surface area contributed by atoms with Gasteiger partial charge in [0.2, 0.25) is 0 Å². The smallest absolute Gasteiger partial charge is 0.119 e. The second kappa shape index (κ2) is 5.42. The molecule has 1 heterocycles. The van der Waals surface area contributed by atoms with E-state index in [4.69, 9.17) is 10.5 Å². The highest BCUT2D eigenvalue weighted by atomic mass is 16.5. The van der Waals surface area contributed by atoms with Gasteiger partial charge in [0.1, 0.15) is 11.9 Å². The van der Waals surface area contributed by atoms with Crippen molar-refractivity contribution in [2.45, 2.75) is 6.10 Å². The molecule has 106 valence electrons. The van der Waals surface area contributed by atoms with E-state index in [-0.39, 0.29) is 0 Å². The average molecular weight is 280 g/mol. The van der Waals surface area contributed by atoms with Crippen molar-refractivity contribution in [1.82, 2.24) is 4.98 Å². The maximum absolute atomic E-state index is 10.5. The first-order valence-corrected chi connectivity index (χ1v) is 6.64. The van der Waals surface area contributed by atoms with Crippen LogP contribution in [0, 0.1) is 0 Å². The largest absolute Gasteiger partial charge is 0.497 e. The van der Waals surface area contributed by atoms with Crippen LogP contribution in [0.25, 0.3) is 10.8 Å². The minimum Gasteiger partial charge on any atom is -0.497 e. The van der Waals surface area contributed by atoms with Gasteiger partial charge in [0, 0.05) is 23.6 Å². The van der Waals surface area contributed by atoms with E-state index < -0.39 is 6.10 Å². The van der Waals surface area contributed by atoms with Gasteiger partial charge < -0.3 is 15.6 Å². The summed E-state index contributed by atoms with van der Waals surface area (Å²) in [6.45, 7) is 0. The van der Waals surface area contributed by atoms with E-state index in [1.807, 2.05) is 36.4 Å². The molecule has 1 unspecified atom stereocenters. The van der Waals surface area contributed by atoms with E-state index in [0.717, 1.165) is 22.1 Å². The van der Waals surface area contributed by atoms with Crippen LogP contribution in [0.3, 0.4) is 0 Å².